The lowest BCUT2D eigenvalue weighted by Gasteiger charge is -2.19. The molecule has 2 N–H and O–H groups in total. The van der Waals surface area contributed by atoms with Crippen LogP contribution in [0.2, 0.25) is 0 Å². The van der Waals surface area contributed by atoms with Crippen molar-refractivity contribution in [2.24, 2.45) is 0 Å². The van der Waals surface area contributed by atoms with E-state index in [1.807, 2.05) is 36.6 Å². The summed E-state index contributed by atoms with van der Waals surface area (Å²) in [6, 6.07) is 11.9. The van der Waals surface area contributed by atoms with Crippen molar-refractivity contribution in [1.29, 1.82) is 0 Å². The zero-order chi connectivity index (χ0) is 17.4. The number of fused-ring (bicyclic) bond motifs is 1. The second-order valence-electron chi connectivity index (χ2n) is 6.17. The van der Waals surface area contributed by atoms with E-state index >= 15 is 0 Å². The minimum absolute atomic E-state index is 0.0444. The third-order valence-corrected chi connectivity index (χ3v) is 5.82. The van der Waals surface area contributed by atoms with Gasteiger partial charge in [0.1, 0.15) is 6.04 Å². The minimum atomic E-state index is -0.434. The molecule has 0 saturated carbocycles. The lowest BCUT2D eigenvalue weighted by Crippen LogP contribution is -2.33. The Morgan fingerprint density at radius 3 is 3.04 bits per heavy atom. The maximum Gasteiger partial charge on any atom is 0.243 e. The van der Waals surface area contributed by atoms with E-state index in [0.717, 1.165) is 17.7 Å². The number of aromatic nitrogens is 3. The summed E-state index contributed by atoms with van der Waals surface area (Å²) in [4.78, 5) is 13.8. The molecule has 0 bridgehead atoms. The number of thiophene rings is 1. The summed E-state index contributed by atoms with van der Waals surface area (Å²) in [6.45, 7) is 1.86. The van der Waals surface area contributed by atoms with Gasteiger partial charge < -0.3 is 5.32 Å². The topological polar surface area (TPSA) is 62.7 Å². The Hall–Kier alpha value is -2.25. The van der Waals surface area contributed by atoms with E-state index < -0.39 is 6.04 Å². The maximum absolute atomic E-state index is 12.9. The zero-order valence-corrected chi connectivity index (χ0v) is 15.4. The normalized spacial score (nSPS) is 17.2. The number of rotatable bonds is 4. The number of amides is 1. The molecular formula is C18H18N4OS2. The van der Waals surface area contributed by atoms with Gasteiger partial charge in [-0.1, -0.05) is 30.3 Å². The van der Waals surface area contributed by atoms with Gasteiger partial charge in [-0.2, -0.15) is 5.10 Å². The molecular weight excluding hydrogens is 352 g/mol. The fourth-order valence-corrected chi connectivity index (χ4v) is 4.36. The van der Waals surface area contributed by atoms with Crippen molar-refractivity contribution in [2.45, 2.75) is 31.8 Å². The van der Waals surface area contributed by atoms with Gasteiger partial charge in [0.15, 0.2) is 10.6 Å². The number of nitrogens with zero attached hydrogens (tertiary/aromatic N) is 2. The van der Waals surface area contributed by atoms with E-state index in [-0.39, 0.29) is 11.9 Å². The molecule has 0 saturated heterocycles. The Morgan fingerprint density at radius 1 is 1.40 bits per heavy atom. The van der Waals surface area contributed by atoms with Crippen LogP contribution >= 0.6 is 23.6 Å². The second-order valence-corrected chi connectivity index (χ2v) is 7.51. The summed E-state index contributed by atoms with van der Waals surface area (Å²) in [5.41, 5.74) is 2.54. The Morgan fingerprint density at radius 2 is 2.24 bits per heavy atom. The van der Waals surface area contributed by atoms with E-state index in [1.54, 1.807) is 15.9 Å². The van der Waals surface area contributed by atoms with E-state index in [9.17, 15) is 4.79 Å². The van der Waals surface area contributed by atoms with Gasteiger partial charge in [0, 0.05) is 0 Å². The molecule has 2 aromatic heterocycles. The van der Waals surface area contributed by atoms with Crippen LogP contribution in [-0.4, -0.2) is 20.7 Å². The Balaban J connectivity index is 1.58. The number of carbonyl (C=O) groups excluding carboxylic acids is 1. The monoisotopic (exact) mass is 370 g/mol. The molecule has 5 nitrogen and oxygen atoms in total. The molecule has 2 atom stereocenters. The van der Waals surface area contributed by atoms with Crippen LogP contribution in [0.1, 0.15) is 36.6 Å². The van der Waals surface area contributed by atoms with Gasteiger partial charge in [-0.05, 0) is 54.6 Å². The number of benzene rings is 1. The molecule has 4 rings (SSSR count). The Kier molecular flexibility index (Phi) is 4.27. The van der Waals surface area contributed by atoms with Crippen molar-refractivity contribution in [3.63, 3.8) is 0 Å². The molecule has 1 aliphatic rings. The van der Waals surface area contributed by atoms with Crippen LogP contribution < -0.4 is 5.32 Å². The first-order chi connectivity index (χ1) is 12.1. The van der Waals surface area contributed by atoms with Crippen molar-refractivity contribution in [2.75, 3.05) is 0 Å². The molecule has 2 unspecified atom stereocenters. The molecule has 0 radical (unpaired) electrons. The molecule has 128 valence electrons. The van der Waals surface area contributed by atoms with Crippen molar-refractivity contribution in [3.05, 3.63) is 57.7 Å². The van der Waals surface area contributed by atoms with Gasteiger partial charge in [0.05, 0.1) is 10.9 Å². The predicted octanol–water partition coefficient (Wildman–Crippen LogP) is 4.03. The summed E-state index contributed by atoms with van der Waals surface area (Å²) < 4.78 is 2.25. The number of aromatic amines is 1. The van der Waals surface area contributed by atoms with Crippen LogP contribution in [0.4, 0.5) is 0 Å². The molecule has 0 spiro atoms. The first kappa shape index (κ1) is 16.2. The Labute approximate surface area is 154 Å². The number of nitrogens with one attached hydrogen (secondary N) is 2. The second kappa shape index (κ2) is 6.57. The first-order valence-corrected chi connectivity index (χ1v) is 9.53. The maximum atomic E-state index is 12.9. The van der Waals surface area contributed by atoms with Gasteiger partial charge >= 0.3 is 0 Å². The molecule has 0 fully saturated rings. The molecule has 3 aromatic rings. The highest BCUT2D eigenvalue weighted by Crippen LogP contribution is 2.31. The van der Waals surface area contributed by atoms with Gasteiger partial charge in [-0.25, -0.2) is 0 Å². The van der Waals surface area contributed by atoms with Crippen LogP contribution in [0, 0.1) is 4.77 Å². The van der Waals surface area contributed by atoms with E-state index in [4.69, 9.17) is 12.2 Å². The fraction of sp³-hybridized carbons (Fsp3) is 0.278. The van der Waals surface area contributed by atoms with Crippen LogP contribution in [0.3, 0.4) is 0 Å². The predicted molar refractivity (Wildman–Crippen MR) is 101 cm³/mol. The van der Waals surface area contributed by atoms with E-state index in [0.29, 0.717) is 10.6 Å². The van der Waals surface area contributed by atoms with E-state index in [1.165, 1.54) is 11.1 Å². The average molecular weight is 371 g/mol. The van der Waals surface area contributed by atoms with Gasteiger partial charge in [-0.15, -0.1) is 11.3 Å². The summed E-state index contributed by atoms with van der Waals surface area (Å²) in [5, 5.41) is 12.3. The highest BCUT2D eigenvalue weighted by Gasteiger charge is 2.27. The summed E-state index contributed by atoms with van der Waals surface area (Å²) in [5.74, 6) is 0.659. The summed E-state index contributed by atoms with van der Waals surface area (Å²) >= 11 is 6.93. The highest BCUT2D eigenvalue weighted by atomic mass is 32.1. The fourth-order valence-electron chi connectivity index (χ4n) is 3.36. The number of hydrogen-bond donors (Lipinski definition) is 2. The van der Waals surface area contributed by atoms with Crippen molar-refractivity contribution >= 4 is 29.5 Å². The Bertz CT molecular complexity index is 958. The van der Waals surface area contributed by atoms with Crippen LogP contribution in [0.5, 0.6) is 0 Å². The smallest absolute Gasteiger partial charge is 0.243 e. The van der Waals surface area contributed by atoms with Crippen molar-refractivity contribution in [1.82, 2.24) is 20.1 Å². The first-order valence-electron chi connectivity index (χ1n) is 8.24. The third kappa shape index (κ3) is 2.94. The zero-order valence-electron chi connectivity index (χ0n) is 13.7. The summed E-state index contributed by atoms with van der Waals surface area (Å²) in [6.07, 6.45) is 1.94. The van der Waals surface area contributed by atoms with Gasteiger partial charge in [0.2, 0.25) is 5.91 Å². The highest BCUT2D eigenvalue weighted by molar-refractivity contribution is 7.71. The lowest BCUT2D eigenvalue weighted by molar-refractivity contribution is -0.124. The quantitative estimate of drug-likeness (QED) is 0.682. The van der Waals surface area contributed by atoms with Crippen molar-refractivity contribution < 1.29 is 4.79 Å². The minimum Gasteiger partial charge on any atom is -0.347 e. The average Bonchev–Trinajstić information content (AvgIpc) is 3.34. The molecule has 1 aliphatic carbocycles. The number of aryl methyl sites for hydroxylation is 1. The third-order valence-electron chi connectivity index (χ3n) is 4.66. The van der Waals surface area contributed by atoms with Crippen LogP contribution in [0.15, 0.2) is 41.8 Å². The summed E-state index contributed by atoms with van der Waals surface area (Å²) in [7, 11) is 0. The molecule has 2 heterocycles. The molecule has 1 amide bonds. The van der Waals surface area contributed by atoms with Crippen LogP contribution in [0.25, 0.3) is 10.7 Å². The lowest BCUT2D eigenvalue weighted by atomic mass is 10.1. The van der Waals surface area contributed by atoms with Crippen LogP contribution in [-0.2, 0) is 11.2 Å². The number of H-pyrrole nitrogens is 1. The molecule has 1 aromatic carbocycles. The number of carbonyl (C=O) groups is 1. The standard InChI is InChI=1S/C18H18N4OS2/c1-11(22-16(20-21-18(22)24)15-7-4-10-25-15)17(23)19-14-9-8-12-5-2-3-6-13(12)14/h2-7,10-11,14H,8-9H2,1H3,(H,19,23)(H,21,24). The van der Waals surface area contributed by atoms with Gasteiger partial charge in [0.25, 0.3) is 0 Å². The molecule has 25 heavy (non-hydrogen) atoms. The number of hydrogen-bond acceptors (Lipinski definition) is 4. The van der Waals surface area contributed by atoms with Crippen molar-refractivity contribution in [3.8, 4) is 10.7 Å². The SMILES string of the molecule is CC(C(=O)NC1CCc2ccccc21)n1c(-c2cccs2)n[nH]c1=S. The molecule has 7 heteroatoms. The largest absolute Gasteiger partial charge is 0.347 e. The van der Waals surface area contributed by atoms with Gasteiger partial charge in [-0.3, -0.25) is 14.5 Å². The van der Waals surface area contributed by atoms with E-state index in [2.05, 4.69) is 27.6 Å². The molecule has 0 aliphatic heterocycles.